The van der Waals surface area contributed by atoms with Crippen molar-refractivity contribution in [2.75, 3.05) is 32.6 Å². The van der Waals surface area contributed by atoms with Gasteiger partial charge in [0.25, 0.3) is 5.91 Å². The Morgan fingerprint density at radius 2 is 1.93 bits per heavy atom. The number of aromatic nitrogens is 2. The van der Waals surface area contributed by atoms with Gasteiger partial charge >= 0.3 is 0 Å². The highest BCUT2D eigenvalue weighted by atomic mass is 35.5. The zero-order valence-corrected chi connectivity index (χ0v) is 26.1. The van der Waals surface area contributed by atoms with Crippen LogP contribution >= 0.6 is 23.2 Å². The summed E-state index contributed by atoms with van der Waals surface area (Å²) in [6.07, 6.45) is 3.63. The monoisotopic (exact) mass is 632 g/mol. The van der Waals surface area contributed by atoms with Crippen LogP contribution in [-0.2, 0) is 6.54 Å². The minimum Gasteiger partial charge on any atom is -0.494 e. The molecule has 0 aliphatic carbocycles. The van der Waals surface area contributed by atoms with Crippen molar-refractivity contribution in [3.63, 3.8) is 0 Å². The molecular formula is C33H31Cl2FN6O2. The first-order valence-corrected chi connectivity index (χ1v) is 15.0. The number of hydrogen-bond acceptors (Lipinski definition) is 7. The van der Waals surface area contributed by atoms with Crippen LogP contribution in [0.3, 0.4) is 0 Å². The van der Waals surface area contributed by atoms with Crippen molar-refractivity contribution in [1.29, 1.82) is 0 Å². The summed E-state index contributed by atoms with van der Waals surface area (Å²) < 4.78 is 20.6. The summed E-state index contributed by atoms with van der Waals surface area (Å²) in [6, 6.07) is 15.5. The van der Waals surface area contributed by atoms with Crippen LogP contribution < -0.4 is 15.4 Å². The molecule has 4 aromatic rings. The van der Waals surface area contributed by atoms with Gasteiger partial charge in [-0.15, -0.1) is 0 Å². The molecular weight excluding hydrogens is 602 g/mol. The molecule has 6 rings (SSSR count). The Labute approximate surface area is 265 Å². The summed E-state index contributed by atoms with van der Waals surface area (Å²) in [7, 11) is 3.35. The third-order valence-electron chi connectivity index (χ3n) is 8.25. The zero-order chi connectivity index (χ0) is 31.0. The smallest absolute Gasteiger partial charge is 0.255 e. The lowest BCUT2D eigenvalue weighted by Gasteiger charge is -2.40. The van der Waals surface area contributed by atoms with Gasteiger partial charge in [0.15, 0.2) is 11.6 Å². The van der Waals surface area contributed by atoms with Crippen LogP contribution in [0.25, 0.3) is 11.3 Å². The molecule has 1 atom stereocenters. The van der Waals surface area contributed by atoms with E-state index in [0.29, 0.717) is 62.9 Å². The Kier molecular flexibility index (Phi) is 8.28. The average molecular weight is 634 g/mol. The lowest BCUT2D eigenvalue weighted by Crippen LogP contribution is -2.55. The number of fused-ring (bicyclic) bond motifs is 3. The Morgan fingerprint density at radius 3 is 2.70 bits per heavy atom. The molecule has 0 saturated carbocycles. The Hall–Kier alpha value is -4.05. The molecule has 3 aromatic carbocycles. The van der Waals surface area contributed by atoms with E-state index in [-0.39, 0.29) is 23.7 Å². The molecule has 44 heavy (non-hydrogen) atoms. The van der Waals surface area contributed by atoms with Crippen LogP contribution in [0.4, 0.5) is 16.0 Å². The molecule has 1 unspecified atom stereocenters. The molecule has 2 aliphatic heterocycles. The molecule has 2 N–H and O–H groups in total. The Balaban J connectivity index is 1.29. The fraction of sp³-hybridized carbons (Fsp3) is 0.273. The first-order valence-electron chi connectivity index (χ1n) is 14.3. The van der Waals surface area contributed by atoms with E-state index in [0.717, 1.165) is 24.0 Å². The van der Waals surface area contributed by atoms with Crippen LogP contribution in [0.2, 0.25) is 10.0 Å². The molecule has 2 aliphatic rings. The van der Waals surface area contributed by atoms with Crippen LogP contribution in [0.15, 0.2) is 65.8 Å². The first kappa shape index (κ1) is 30.0. The van der Waals surface area contributed by atoms with E-state index in [1.807, 2.05) is 18.0 Å². The van der Waals surface area contributed by atoms with Gasteiger partial charge < -0.3 is 20.3 Å². The highest BCUT2D eigenvalue weighted by Gasteiger charge is 2.32. The minimum absolute atomic E-state index is 0.0949. The summed E-state index contributed by atoms with van der Waals surface area (Å²) in [5, 5.41) is 7.37. The van der Waals surface area contributed by atoms with Gasteiger partial charge in [0.05, 0.1) is 35.6 Å². The highest BCUT2D eigenvalue weighted by Crippen LogP contribution is 2.35. The van der Waals surface area contributed by atoms with Gasteiger partial charge in [-0.05, 0) is 69.3 Å². The topological polar surface area (TPSA) is 91.7 Å². The number of rotatable bonds is 6. The predicted octanol–water partition coefficient (Wildman–Crippen LogP) is 6.91. The van der Waals surface area contributed by atoms with Gasteiger partial charge in [0, 0.05) is 57.8 Å². The van der Waals surface area contributed by atoms with E-state index in [4.69, 9.17) is 37.9 Å². The van der Waals surface area contributed by atoms with Crippen LogP contribution in [0.5, 0.6) is 5.75 Å². The van der Waals surface area contributed by atoms with Crippen molar-refractivity contribution >= 4 is 46.5 Å². The Bertz CT molecular complexity index is 1800. The summed E-state index contributed by atoms with van der Waals surface area (Å²) in [5.74, 6) is -0.144. The maximum Gasteiger partial charge on any atom is 0.255 e. The van der Waals surface area contributed by atoms with Gasteiger partial charge in [0.1, 0.15) is 0 Å². The van der Waals surface area contributed by atoms with Crippen molar-refractivity contribution in [3.8, 4) is 17.0 Å². The van der Waals surface area contributed by atoms with E-state index in [9.17, 15) is 4.79 Å². The fourth-order valence-electron chi connectivity index (χ4n) is 5.75. The third kappa shape index (κ3) is 5.75. The summed E-state index contributed by atoms with van der Waals surface area (Å²) in [5.41, 5.74) is 4.50. The van der Waals surface area contributed by atoms with E-state index < -0.39 is 5.82 Å². The maximum absolute atomic E-state index is 15.4. The van der Waals surface area contributed by atoms with Gasteiger partial charge in [-0.2, -0.15) is 0 Å². The molecule has 1 fully saturated rings. The van der Waals surface area contributed by atoms with E-state index >= 15 is 4.39 Å². The van der Waals surface area contributed by atoms with E-state index in [2.05, 4.69) is 22.5 Å². The number of carbonyl (C=O) groups excluding carboxylic acids is 1. The number of carbonyl (C=O) groups is 1. The molecule has 0 radical (unpaired) electrons. The van der Waals surface area contributed by atoms with Crippen molar-refractivity contribution in [3.05, 3.63) is 98.9 Å². The lowest BCUT2D eigenvalue weighted by atomic mass is 9.91. The van der Waals surface area contributed by atoms with Crippen molar-refractivity contribution in [1.82, 2.24) is 20.2 Å². The van der Waals surface area contributed by atoms with Gasteiger partial charge in [0.2, 0.25) is 5.95 Å². The number of nitrogens with zero attached hydrogens (tertiary/aromatic N) is 4. The van der Waals surface area contributed by atoms with Crippen LogP contribution in [0.1, 0.15) is 46.8 Å². The molecule has 3 heterocycles. The number of hydrogen-bond donors (Lipinski definition) is 2. The second-order valence-electron chi connectivity index (χ2n) is 11.2. The molecule has 1 saturated heterocycles. The first-order chi connectivity index (χ1) is 21.2. The number of benzene rings is 3. The second kappa shape index (κ2) is 12.1. The number of piperidine rings is 1. The molecule has 1 amide bonds. The molecule has 1 aromatic heterocycles. The summed E-state index contributed by atoms with van der Waals surface area (Å²) in [4.78, 5) is 29.3. The molecule has 0 bridgehead atoms. The quantitative estimate of drug-likeness (QED) is 0.240. The SMILES string of the molecule is CNC1(C)CCCN(C(=O)c2ccc(Nc3ncc4c(n3)-c3ccc(Cl)cc3C(c3cccc(OC)c3F)=NC4)cc2Cl)C1. The predicted molar refractivity (Wildman–Crippen MR) is 172 cm³/mol. The van der Waals surface area contributed by atoms with Crippen molar-refractivity contribution < 1.29 is 13.9 Å². The summed E-state index contributed by atoms with van der Waals surface area (Å²) in [6.45, 7) is 3.67. The van der Waals surface area contributed by atoms with Gasteiger partial charge in [-0.3, -0.25) is 9.79 Å². The molecule has 11 heteroatoms. The normalized spacial score (nSPS) is 17.7. The average Bonchev–Trinajstić information content (AvgIpc) is 3.17. The number of halogens is 3. The number of amides is 1. The fourth-order valence-corrected chi connectivity index (χ4v) is 6.18. The van der Waals surface area contributed by atoms with E-state index in [1.54, 1.807) is 54.7 Å². The number of aliphatic imine (C=N–C) groups is 1. The molecule has 8 nitrogen and oxygen atoms in total. The molecule has 226 valence electrons. The van der Waals surface area contributed by atoms with Crippen LogP contribution in [-0.4, -0.2) is 59.3 Å². The van der Waals surface area contributed by atoms with E-state index in [1.165, 1.54) is 7.11 Å². The van der Waals surface area contributed by atoms with Crippen molar-refractivity contribution in [2.24, 2.45) is 4.99 Å². The van der Waals surface area contributed by atoms with Crippen LogP contribution in [0, 0.1) is 5.82 Å². The van der Waals surface area contributed by atoms with Gasteiger partial charge in [-0.25, -0.2) is 14.4 Å². The number of nitrogens with one attached hydrogen (secondary N) is 2. The summed E-state index contributed by atoms with van der Waals surface area (Å²) >= 11 is 13.0. The number of likely N-dealkylation sites (N-methyl/N-ethyl adjacent to an activating group) is 1. The second-order valence-corrected chi connectivity index (χ2v) is 12.0. The number of likely N-dealkylation sites (tertiary alicyclic amines) is 1. The lowest BCUT2D eigenvalue weighted by molar-refractivity contribution is 0.0629. The highest BCUT2D eigenvalue weighted by molar-refractivity contribution is 6.34. The number of anilines is 2. The Morgan fingerprint density at radius 1 is 1.09 bits per heavy atom. The third-order valence-corrected chi connectivity index (χ3v) is 8.79. The minimum atomic E-state index is -0.505. The standard InChI is InChI=1S/C33H31Cl2FN6O2/c1-33(37-2)12-5-13-42(18-33)31(43)23-11-9-21(15-26(23)35)40-32-39-17-19-16-38-30(24-6-4-7-27(44-3)28(24)36)25-14-20(34)8-10-22(25)29(19)41-32/h4,6-11,14-15,17,37H,5,12-13,16,18H2,1-3H3,(H,39,40,41). The van der Waals surface area contributed by atoms with Crippen molar-refractivity contribution in [2.45, 2.75) is 31.8 Å². The molecule has 0 spiro atoms. The largest absolute Gasteiger partial charge is 0.494 e. The zero-order valence-electron chi connectivity index (χ0n) is 24.5. The number of ether oxygens (including phenoxy) is 1. The number of methoxy groups -OCH3 is 1. The van der Waals surface area contributed by atoms with Gasteiger partial charge in [-0.1, -0.05) is 35.3 Å². The maximum atomic E-state index is 15.4.